The molecule has 0 heterocycles. The van der Waals surface area contributed by atoms with Gasteiger partial charge in [-0.15, -0.1) is 0 Å². The highest BCUT2D eigenvalue weighted by Gasteiger charge is 2.23. The average Bonchev–Trinajstić information content (AvgIpc) is 2.39. The number of hydrogen-bond acceptors (Lipinski definition) is 2. The number of carbonyl (C=O) groups excluding carboxylic acids is 1. The van der Waals surface area contributed by atoms with E-state index in [1.54, 1.807) is 19.1 Å². The largest absolute Gasteiger partial charge is 0.478 e. The van der Waals surface area contributed by atoms with Crippen molar-refractivity contribution < 1.29 is 14.7 Å². The number of aromatic carboxylic acids is 1. The Bertz CT molecular complexity index is 538. The molecular weight excluding hydrogens is 268 g/mol. The molecule has 0 atom stereocenters. The van der Waals surface area contributed by atoms with Gasteiger partial charge < -0.3 is 15.3 Å². The van der Waals surface area contributed by atoms with Crippen LogP contribution in [0.1, 0.15) is 42.1 Å². The van der Waals surface area contributed by atoms with Crippen LogP contribution < -0.4 is 5.32 Å². The Labute approximate surface area is 125 Å². The molecule has 21 heavy (non-hydrogen) atoms. The fourth-order valence-electron chi connectivity index (χ4n) is 2.47. The molecule has 0 aliphatic heterocycles. The van der Waals surface area contributed by atoms with E-state index in [1.807, 2.05) is 11.8 Å². The van der Waals surface area contributed by atoms with Gasteiger partial charge in [-0.05, 0) is 56.4 Å². The van der Waals surface area contributed by atoms with Crippen LogP contribution in [-0.2, 0) is 0 Å². The van der Waals surface area contributed by atoms with Crippen LogP contribution in [0.3, 0.4) is 0 Å². The Morgan fingerprint density at radius 1 is 1.38 bits per heavy atom. The molecule has 5 heteroatoms. The van der Waals surface area contributed by atoms with Gasteiger partial charge in [0.15, 0.2) is 0 Å². The summed E-state index contributed by atoms with van der Waals surface area (Å²) in [7, 11) is 0. The number of carboxylic acids is 1. The topological polar surface area (TPSA) is 69.6 Å². The Kier molecular flexibility index (Phi) is 4.83. The van der Waals surface area contributed by atoms with Crippen molar-refractivity contribution in [1.29, 1.82) is 0 Å². The number of carboxylic acid groups (broad SMARTS) is 1. The van der Waals surface area contributed by atoms with E-state index in [1.165, 1.54) is 25.3 Å². The van der Waals surface area contributed by atoms with Gasteiger partial charge in [0.05, 0.1) is 5.56 Å². The predicted octanol–water partition coefficient (Wildman–Crippen LogP) is 3.35. The molecule has 0 spiro atoms. The van der Waals surface area contributed by atoms with Crippen LogP contribution in [0.2, 0.25) is 0 Å². The Morgan fingerprint density at radius 2 is 2.10 bits per heavy atom. The van der Waals surface area contributed by atoms with Crippen LogP contribution >= 0.6 is 0 Å². The lowest BCUT2D eigenvalue weighted by Gasteiger charge is -2.31. The van der Waals surface area contributed by atoms with Crippen LogP contribution in [-0.4, -0.2) is 35.1 Å². The van der Waals surface area contributed by atoms with Crippen LogP contribution in [0.5, 0.6) is 0 Å². The summed E-state index contributed by atoms with van der Waals surface area (Å²) in [4.78, 5) is 25.0. The van der Waals surface area contributed by atoms with Gasteiger partial charge in [-0.3, -0.25) is 0 Å². The molecule has 1 saturated carbocycles. The van der Waals surface area contributed by atoms with Gasteiger partial charge in [0, 0.05) is 18.8 Å². The molecule has 0 bridgehead atoms. The quantitative estimate of drug-likeness (QED) is 0.873. The highest BCUT2D eigenvalue weighted by atomic mass is 16.4. The van der Waals surface area contributed by atoms with Crippen molar-refractivity contribution in [3.8, 4) is 0 Å². The van der Waals surface area contributed by atoms with Gasteiger partial charge in [0.2, 0.25) is 0 Å². The third-order valence-electron chi connectivity index (χ3n) is 4.09. The molecular formula is C16H22N2O3. The van der Waals surface area contributed by atoms with Crippen LogP contribution in [0.25, 0.3) is 0 Å². The normalized spacial score (nSPS) is 14.4. The minimum absolute atomic E-state index is 0.115. The summed E-state index contributed by atoms with van der Waals surface area (Å²) in [6.07, 6.45) is 3.67. The minimum atomic E-state index is -0.962. The highest BCUT2D eigenvalue weighted by molar-refractivity contribution is 5.92. The van der Waals surface area contributed by atoms with Crippen molar-refractivity contribution in [2.45, 2.75) is 33.1 Å². The number of rotatable bonds is 5. The number of anilines is 1. The zero-order valence-electron chi connectivity index (χ0n) is 12.6. The highest BCUT2D eigenvalue weighted by Crippen LogP contribution is 2.27. The summed E-state index contributed by atoms with van der Waals surface area (Å²) < 4.78 is 0. The molecule has 0 radical (unpaired) electrons. The van der Waals surface area contributed by atoms with Gasteiger partial charge in [0.25, 0.3) is 0 Å². The number of nitrogens with zero attached hydrogens (tertiary/aromatic N) is 1. The van der Waals surface area contributed by atoms with E-state index in [-0.39, 0.29) is 11.6 Å². The first-order valence-corrected chi connectivity index (χ1v) is 7.41. The molecule has 1 fully saturated rings. The summed E-state index contributed by atoms with van der Waals surface area (Å²) in [6, 6.07) is 4.61. The van der Waals surface area contributed by atoms with Gasteiger partial charge in [-0.25, -0.2) is 9.59 Å². The standard InChI is InChI=1S/C16H22N2O3/c1-3-18(10-12-5-4-6-12)16(21)17-14-8-7-13(15(19)20)9-11(14)2/h7-9,12H,3-6,10H2,1-2H3,(H,17,21)(H,19,20). The maximum Gasteiger partial charge on any atom is 0.335 e. The summed E-state index contributed by atoms with van der Waals surface area (Å²) in [6.45, 7) is 5.24. The molecule has 114 valence electrons. The molecule has 1 aromatic carbocycles. The molecule has 2 N–H and O–H groups in total. The lowest BCUT2D eigenvalue weighted by atomic mass is 9.85. The average molecular weight is 290 g/mol. The van der Waals surface area contributed by atoms with Crippen molar-refractivity contribution in [3.63, 3.8) is 0 Å². The fourth-order valence-corrected chi connectivity index (χ4v) is 2.47. The third kappa shape index (κ3) is 3.74. The maximum absolute atomic E-state index is 12.3. The van der Waals surface area contributed by atoms with Crippen molar-refractivity contribution in [3.05, 3.63) is 29.3 Å². The number of urea groups is 1. The molecule has 0 aromatic heterocycles. The molecule has 1 aliphatic rings. The zero-order chi connectivity index (χ0) is 15.4. The maximum atomic E-state index is 12.3. The Balaban J connectivity index is 2.01. The van der Waals surface area contributed by atoms with Crippen molar-refractivity contribution in [2.75, 3.05) is 18.4 Å². The van der Waals surface area contributed by atoms with Crippen LogP contribution in [0.15, 0.2) is 18.2 Å². The summed E-state index contributed by atoms with van der Waals surface area (Å²) in [5.41, 5.74) is 1.65. The third-order valence-corrected chi connectivity index (χ3v) is 4.09. The second-order valence-electron chi connectivity index (χ2n) is 5.60. The van der Waals surface area contributed by atoms with Crippen molar-refractivity contribution >= 4 is 17.7 Å². The van der Waals surface area contributed by atoms with Crippen LogP contribution in [0, 0.1) is 12.8 Å². The van der Waals surface area contributed by atoms with E-state index in [9.17, 15) is 9.59 Å². The molecule has 5 nitrogen and oxygen atoms in total. The van der Waals surface area contributed by atoms with Crippen molar-refractivity contribution in [1.82, 2.24) is 4.90 Å². The first kappa shape index (κ1) is 15.4. The van der Waals surface area contributed by atoms with Crippen molar-refractivity contribution in [2.24, 2.45) is 5.92 Å². The Morgan fingerprint density at radius 3 is 2.57 bits per heavy atom. The second-order valence-corrected chi connectivity index (χ2v) is 5.60. The SMILES string of the molecule is CCN(CC1CCC1)C(=O)Nc1ccc(C(=O)O)cc1C. The van der Waals surface area contributed by atoms with Gasteiger partial charge in [-0.2, -0.15) is 0 Å². The van der Waals surface area contributed by atoms with Gasteiger partial charge in [-0.1, -0.05) is 6.42 Å². The summed E-state index contributed by atoms with van der Waals surface area (Å²) in [5.74, 6) is -0.331. The lowest BCUT2D eigenvalue weighted by molar-refractivity contribution is 0.0697. The molecule has 2 amide bonds. The summed E-state index contributed by atoms with van der Waals surface area (Å²) in [5, 5.41) is 11.8. The van der Waals surface area contributed by atoms with E-state index in [0.29, 0.717) is 18.2 Å². The number of hydrogen-bond donors (Lipinski definition) is 2. The smallest absolute Gasteiger partial charge is 0.335 e. The number of amides is 2. The molecule has 1 aromatic rings. The Hall–Kier alpha value is -2.04. The fraction of sp³-hybridized carbons (Fsp3) is 0.500. The first-order chi connectivity index (χ1) is 10.0. The molecule has 0 saturated heterocycles. The number of carbonyl (C=O) groups is 2. The van der Waals surface area contributed by atoms with E-state index in [4.69, 9.17) is 5.11 Å². The number of benzene rings is 1. The van der Waals surface area contributed by atoms with E-state index < -0.39 is 5.97 Å². The monoisotopic (exact) mass is 290 g/mol. The van der Waals surface area contributed by atoms with E-state index in [0.717, 1.165) is 12.1 Å². The molecule has 1 aliphatic carbocycles. The van der Waals surface area contributed by atoms with Gasteiger partial charge >= 0.3 is 12.0 Å². The lowest BCUT2D eigenvalue weighted by Crippen LogP contribution is -2.40. The minimum Gasteiger partial charge on any atom is -0.478 e. The second kappa shape index (κ2) is 6.61. The number of nitrogens with one attached hydrogen (secondary N) is 1. The molecule has 0 unspecified atom stereocenters. The van der Waals surface area contributed by atoms with Gasteiger partial charge in [0.1, 0.15) is 0 Å². The molecule has 2 rings (SSSR count). The summed E-state index contributed by atoms with van der Waals surface area (Å²) >= 11 is 0. The van der Waals surface area contributed by atoms with Crippen LogP contribution in [0.4, 0.5) is 10.5 Å². The van der Waals surface area contributed by atoms with E-state index >= 15 is 0 Å². The first-order valence-electron chi connectivity index (χ1n) is 7.41. The predicted molar refractivity (Wildman–Crippen MR) is 81.7 cm³/mol. The zero-order valence-corrected chi connectivity index (χ0v) is 12.6. The van der Waals surface area contributed by atoms with E-state index in [2.05, 4.69) is 5.32 Å². The number of aryl methyl sites for hydroxylation is 1.